The Kier molecular flexibility index (Phi) is 3.49. The Balaban J connectivity index is 2.41. The highest BCUT2D eigenvalue weighted by atomic mass is 16.1. The molecule has 0 saturated heterocycles. The van der Waals surface area contributed by atoms with Gasteiger partial charge in [0.15, 0.2) is 0 Å². The van der Waals surface area contributed by atoms with Crippen LogP contribution in [0.25, 0.3) is 0 Å². The summed E-state index contributed by atoms with van der Waals surface area (Å²) in [5.41, 5.74) is 0. The quantitative estimate of drug-likeness (QED) is 0.766. The summed E-state index contributed by atoms with van der Waals surface area (Å²) in [5.74, 6) is 0.812. The first-order chi connectivity index (χ1) is 6.24. The molecule has 1 aromatic heterocycles. The van der Waals surface area contributed by atoms with E-state index in [-0.39, 0.29) is 5.91 Å². The second-order valence-corrected chi connectivity index (χ2v) is 2.99. The summed E-state index contributed by atoms with van der Waals surface area (Å²) >= 11 is 0. The van der Waals surface area contributed by atoms with Crippen molar-refractivity contribution in [2.45, 2.75) is 26.2 Å². The van der Waals surface area contributed by atoms with E-state index >= 15 is 0 Å². The van der Waals surface area contributed by atoms with Crippen molar-refractivity contribution < 1.29 is 4.79 Å². The normalized spacial score (nSPS) is 10.0. The minimum Gasteiger partial charge on any atom is -0.311 e. The molecule has 0 aliphatic rings. The lowest BCUT2D eigenvalue weighted by molar-refractivity contribution is -0.116. The largest absolute Gasteiger partial charge is 0.311 e. The molecule has 0 saturated carbocycles. The topological polar surface area (TPSA) is 46.9 Å². The maximum absolute atomic E-state index is 11.3. The molecular formula is C9H15N3O. The molecule has 1 heterocycles. The van der Waals surface area contributed by atoms with Gasteiger partial charge in [0.1, 0.15) is 5.82 Å². The van der Waals surface area contributed by atoms with Crippen molar-refractivity contribution >= 4 is 11.7 Å². The van der Waals surface area contributed by atoms with Crippen LogP contribution in [-0.4, -0.2) is 15.7 Å². The molecule has 0 spiro atoms. The van der Waals surface area contributed by atoms with Crippen molar-refractivity contribution in [2.75, 3.05) is 5.32 Å². The Hall–Kier alpha value is -1.32. The second kappa shape index (κ2) is 4.64. The summed E-state index contributed by atoms with van der Waals surface area (Å²) in [6.45, 7) is 2.07. The average Bonchev–Trinajstić information content (AvgIpc) is 2.48. The molecular weight excluding hydrogens is 166 g/mol. The van der Waals surface area contributed by atoms with Crippen LogP contribution in [0.4, 0.5) is 5.82 Å². The molecule has 4 nitrogen and oxygen atoms in total. The van der Waals surface area contributed by atoms with E-state index in [1.54, 1.807) is 24.0 Å². The van der Waals surface area contributed by atoms with E-state index in [4.69, 9.17) is 0 Å². The zero-order valence-electron chi connectivity index (χ0n) is 8.08. The van der Waals surface area contributed by atoms with E-state index in [0.29, 0.717) is 6.42 Å². The summed E-state index contributed by atoms with van der Waals surface area (Å²) in [6, 6.07) is 1.78. The van der Waals surface area contributed by atoms with E-state index in [0.717, 1.165) is 18.7 Å². The Bertz CT molecular complexity index is 280. The van der Waals surface area contributed by atoms with E-state index in [9.17, 15) is 4.79 Å². The third-order valence-corrected chi connectivity index (χ3v) is 1.85. The third-order valence-electron chi connectivity index (χ3n) is 1.85. The van der Waals surface area contributed by atoms with Gasteiger partial charge < -0.3 is 5.32 Å². The summed E-state index contributed by atoms with van der Waals surface area (Å²) < 4.78 is 1.64. The molecule has 1 N–H and O–H groups in total. The van der Waals surface area contributed by atoms with Crippen molar-refractivity contribution in [3.8, 4) is 0 Å². The van der Waals surface area contributed by atoms with E-state index < -0.39 is 0 Å². The summed E-state index contributed by atoms with van der Waals surface area (Å²) in [5, 5.41) is 6.74. The number of rotatable bonds is 4. The van der Waals surface area contributed by atoms with Crippen LogP contribution in [-0.2, 0) is 11.8 Å². The van der Waals surface area contributed by atoms with Crippen LogP contribution >= 0.6 is 0 Å². The molecule has 1 aromatic rings. The fourth-order valence-corrected chi connectivity index (χ4v) is 1.04. The summed E-state index contributed by atoms with van der Waals surface area (Å²) in [6.07, 6.45) is 4.22. The first-order valence-electron chi connectivity index (χ1n) is 4.52. The number of anilines is 1. The van der Waals surface area contributed by atoms with Gasteiger partial charge in [-0.05, 0) is 6.42 Å². The van der Waals surface area contributed by atoms with E-state index in [2.05, 4.69) is 17.3 Å². The molecule has 0 radical (unpaired) electrons. The van der Waals surface area contributed by atoms with Crippen LogP contribution in [0.1, 0.15) is 26.2 Å². The van der Waals surface area contributed by atoms with Crippen LogP contribution in [0, 0.1) is 0 Å². The Labute approximate surface area is 77.9 Å². The Morgan fingerprint density at radius 2 is 2.46 bits per heavy atom. The number of amides is 1. The molecule has 72 valence electrons. The SMILES string of the molecule is CCCCC(=O)Nc1ccnn1C. The van der Waals surface area contributed by atoms with Gasteiger partial charge in [0.05, 0.1) is 6.20 Å². The molecule has 0 unspecified atom stereocenters. The zero-order valence-corrected chi connectivity index (χ0v) is 8.08. The number of carbonyl (C=O) groups is 1. The minimum absolute atomic E-state index is 0.0606. The fraction of sp³-hybridized carbons (Fsp3) is 0.556. The monoisotopic (exact) mass is 181 g/mol. The van der Waals surface area contributed by atoms with Crippen LogP contribution < -0.4 is 5.32 Å². The van der Waals surface area contributed by atoms with Gasteiger partial charge in [0.25, 0.3) is 0 Å². The van der Waals surface area contributed by atoms with Crippen molar-refractivity contribution in [2.24, 2.45) is 7.05 Å². The number of aromatic nitrogens is 2. The van der Waals surface area contributed by atoms with Crippen molar-refractivity contribution in [1.82, 2.24) is 9.78 Å². The minimum atomic E-state index is 0.0606. The predicted molar refractivity (Wildman–Crippen MR) is 51.4 cm³/mol. The number of aryl methyl sites for hydroxylation is 1. The smallest absolute Gasteiger partial charge is 0.225 e. The van der Waals surface area contributed by atoms with Crippen molar-refractivity contribution in [3.63, 3.8) is 0 Å². The highest BCUT2D eigenvalue weighted by molar-refractivity contribution is 5.89. The zero-order chi connectivity index (χ0) is 9.68. The van der Waals surface area contributed by atoms with E-state index in [1.165, 1.54) is 0 Å². The van der Waals surface area contributed by atoms with Crippen LogP contribution in [0.15, 0.2) is 12.3 Å². The van der Waals surface area contributed by atoms with Gasteiger partial charge >= 0.3 is 0 Å². The van der Waals surface area contributed by atoms with Crippen LogP contribution in [0.2, 0.25) is 0 Å². The molecule has 1 rings (SSSR count). The second-order valence-electron chi connectivity index (χ2n) is 2.99. The van der Waals surface area contributed by atoms with Gasteiger partial charge in [-0.15, -0.1) is 0 Å². The number of nitrogens with one attached hydrogen (secondary N) is 1. The van der Waals surface area contributed by atoms with Gasteiger partial charge in [0, 0.05) is 19.5 Å². The maximum Gasteiger partial charge on any atom is 0.225 e. The molecule has 0 bridgehead atoms. The molecule has 13 heavy (non-hydrogen) atoms. The van der Waals surface area contributed by atoms with Gasteiger partial charge in [-0.2, -0.15) is 5.10 Å². The third kappa shape index (κ3) is 2.89. The first kappa shape index (κ1) is 9.77. The van der Waals surface area contributed by atoms with Gasteiger partial charge in [-0.1, -0.05) is 13.3 Å². The number of hydrogen-bond acceptors (Lipinski definition) is 2. The molecule has 0 aromatic carbocycles. The van der Waals surface area contributed by atoms with Crippen molar-refractivity contribution in [1.29, 1.82) is 0 Å². The standard InChI is InChI=1S/C9H15N3O/c1-3-4-5-9(13)11-8-6-7-10-12(8)2/h6-7H,3-5H2,1-2H3,(H,11,13). The molecule has 1 amide bonds. The summed E-state index contributed by atoms with van der Waals surface area (Å²) in [4.78, 5) is 11.3. The van der Waals surface area contributed by atoms with Gasteiger partial charge in [-0.25, -0.2) is 0 Å². The fourth-order valence-electron chi connectivity index (χ4n) is 1.04. The predicted octanol–water partition coefficient (Wildman–Crippen LogP) is 1.55. The summed E-state index contributed by atoms with van der Waals surface area (Å²) in [7, 11) is 1.80. The number of carbonyl (C=O) groups excluding carboxylic acids is 1. The van der Waals surface area contributed by atoms with Gasteiger partial charge in [0.2, 0.25) is 5.91 Å². The van der Waals surface area contributed by atoms with Gasteiger partial charge in [-0.3, -0.25) is 9.48 Å². The lowest BCUT2D eigenvalue weighted by atomic mass is 10.2. The molecule has 0 atom stereocenters. The lowest BCUT2D eigenvalue weighted by Gasteiger charge is -2.03. The highest BCUT2D eigenvalue weighted by Gasteiger charge is 2.03. The molecule has 0 aliphatic heterocycles. The van der Waals surface area contributed by atoms with E-state index in [1.807, 2.05) is 0 Å². The Morgan fingerprint density at radius 1 is 1.69 bits per heavy atom. The number of unbranched alkanes of at least 4 members (excludes halogenated alkanes) is 1. The first-order valence-corrected chi connectivity index (χ1v) is 4.52. The highest BCUT2D eigenvalue weighted by Crippen LogP contribution is 2.04. The lowest BCUT2D eigenvalue weighted by Crippen LogP contribution is -2.13. The van der Waals surface area contributed by atoms with Crippen LogP contribution in [0.3, 0.4) is 0 Å². The van der Waals surface area contributed by atoms with Crippen LogP contribution in [0.5, 0.6) is 0 Å². The van der Waals surface area contributed by atoms with Crippen molar-refractivity contribution in [3.05, 3.63) is 12.3 Å². The molecule has 0 aliphatic carbocycles. The number of hydrogen-bond donors (Lipinski definition) is 1. The average molecular weight is 181 g/mol. The molecule has 4 heteroatoms. The Morgan fingerprint density at radius 3 is 3.00 bits per heavy atom. The maximum atomic E-state index is 11.3. The number of nitrogens with zero attached hydrogens (tertiary/aromatic N) is 2. The molecule has 0 fully saturated rings.